The molecule has 0 bridgehead atoms. The molecular weight excluding hydrogens is 160 g/mol. The zero-order chi connectivity index (χ0) is 9.07. The van der Waals surface area contributed by atoms with Crippen molar-refractivity contribution in [1.29, 1.82) is 0 Å². The largest absolute Gasteiger partial charge is 0.465 e. The van der Waals surface area contributed by atoms with E-state index in [0.29, 0.717) is 0 Å². The van der Waals surface area contributed by atoms with Crippen LogP contribution in [-0.2, 0) is 0 Å². The van der Waals surface area contributed by atoms with Gasteiger partial charge >= 0.3 is 12.2 Å². The molecule has 0 aliphatic heterocycles. The van der Waals surface area contributed by atoms with Crippen molar-refractivity contribution in [3.05, 3.63) is 0 Å². The zero-order valence-electron chi connectivity index (χ0n) is 5.84. The number of rotatable bonds is 3. The Morgan fingerprint density at radius 3 is 2.45 bits per heavy atom. The van der Waals surface area contributed by atoms with Gasteiger partial charge in [0.25, 0.3) is 0 Å². The molecule has 0 fully saturated rings. The molecule has 0 aliphatic rings. The lowest BCUT2D eigenvalue weighted by molar-refractivity contribution is -0.205. The van der Waals surface area contributed by atoms with Crippen LogP contribution >= 0.6 is 0 Å². The van der Waals surface area contributed by atoms with E-state index in [4.69, 9.17) is 10.2 Å². The van der Waals surface area contributed by atoms with E-state index in [0.717, 1.165) is 0 Å². The molecule has 0 aromatic rings. The van der Waals surface area contributed by atoms with Crippen molar-refractivity contribution in [2.24, 2.45) is 0 Å². The molecule has 0 aromatic heterocycles. The number of halogens is 2. The van der Waals surface area contributed by atoms with E-state index in [2.05, 4.69) is 0 Å². The van der Waals surface area contributed by atoms with Crippen LogP contribution in [0.4, 0.5) is 13.6 Å². The first-order chi connectivity index (χ1) is 4.81. The van der Waals surface area contributed by atoms with E-state index in [1.807, 2.05) is 0 Å². The van der Waals surface area contributed by atoms with Gasteiger partial charge in [-0.2, -0.15) is 8.78 Å². The third kappa shape index (κ3) is 6.98. The molecule has 3 N–H and O–H groups in total. The number of aliphatic hydroxyl groups is 1. The molecule has 66 valence electrons. The highest BCUT2D eigenvalue weighted by atomic mass is 19.3. The first-order valence-electron chi connectivity index (χ1n) is 2.91. The fraction of sp³-hybridized carbons (Fsp3) is 0.800. The maximum atomic E-state index is 11.7. The summed E-state index contributed by atoms with van der Waals surface area (Å²) in [6.45, 7) is 1.23. The number of amides is 1. The van der Waals surface area contributed by atoms with Crippen molar-refractivity contribution in [1.82, 2.24) is 5.32 Å². The summed E-state index contributed by atoms with van der Waals surface area (Å²) in [4.78, 5) is 9.86. The highest BCUT2D eigenvalue weighted by Crippen LogP contribution is 2.15. The van der Waals surface area contributed by atoms with Gasteiger partial charge in [-0.25, -0.2) is 4.79 Å². The minimum absolute atomic E-state index is 0.917. The molecule has 0 saturated heterocycles. The van der Waals surface area contributed by atoms with Crippen molar-refractivity contribution >= 4 is 6.09 Å². The van der Waals surface area contributed by atoms with Gasteiger partial charge in [-0.15, -0.1) is 0 Å². The second-order valence-electron chi connectivity index (χ2n) is 2.22. The number of hydrogen-bond acceptors (Lipinski definition) is 2. The molecule has 0 aliphatic carbocycles. The van der Waals surface area contributed by atoms with E-state index in [9.17, 15) is 13.6 Å². The molecule has 6 heteroatoms. The van der Waals surface area contributed by atoms with Crippen molar-refractivity contribution in [3.63, 3.8) is 0 Å². The fourth-order valence-electron chi connectivity index (χ4n) is 0.630. The number of carboxylic acid groups (broad SMARTS) is 1. The molecule has 0 radical (unpaired) electrons. The third-order valence-corrected chi connectivity index (χ3v) is 0.922. The monoisotopic (exact) mass is 169 g/mol. The Kier molecular flexibility index (Phi) is 3.18. The lowest BCUT2D eigenvalue weighted by Gasteiger charge is -2.14. The predicted molar refractivity (Wildman–Crippen MR) is 32.4 cm³/mol. The van der Waals surface area contributed by atoms with Gasteiger partial charge in [0.1, 0.15) is 0 Å². The van der Waals surface area contributed by atoms with Crippen molar-refractivity contribution < 1.29 is 23.8 Å². The van der Waals surface area contributed by atoms with Gasteiger partial charge in [-0.1, -0.05) is 0 Å². The van der Waals surface area contributed by atoms with Crippen LogP contribution < -0.4 is 5.32 Å². The number of nitrogens with one attached hydrogen (secondary N) is 1. The smallest absolute Gasteiger partial charge is 0.404 e. The van der Waals surface area contributed by atoms with E-state index < -0.39 is 24.7 Å². The summed E-state index contributed by atoms with van der Waals surface area (Å²) in [5.41, 5.74) is 0. The highest BCUT2D eigenvalue weighted by molar-refractivity contribution is 5.64. The Balaban J connectivity index is 3.69. The van der Waals surface area contributed by atoms with Crippen molar-refractivity contribution in [2.45, 2.75) is 25.5 Å². The van der Waals surface area contributed by atoms with E-state index in [-0.39, 0.29) is 0 Å². The lowest BCUT2D eigenvalue weighted by Crippen LogP contribution is -2.36. The van der Waals surface area contributed by atoms with E-state index >= 15 is 0 Å². The van der Waals surface area contributed by atoms with Gasteiger partial charge in [0.15, 0.2) is 0 Å². The SMILES string of the molecule is C[C@@H](CC(O)(F)F)NC(=O)O. The second kappa shape index (κ2) is 3.47. The Morgan fingerprint density at radius 1 is 1.73 bits per heavy atom. The lowest BCUT2D eigenvalue weighted by atomic mass is 10.2. The predicted octanol–water partition coefficient (Wildman–Crippen LogP) is 0.618. The normalized spacial score (nSPS) is 14.2. The topological polar surface area (TPSA) is 69.6 Å². The van der Waals surface area contributed by atoms with E-state index in [1.165, 1.54) is 6.92 Å². The average molecular weight is 169 g/mol. The van der Waals surface area contributed by atoms with Gasteiger partial charge in [0.2, 0.25) is 0 Å². The van der Waals surface area contributed by atoms with Crippen LogP contribution in [0.3, 0.4) is 0 Å². The number of alkyl halides is 2. The summed E-state index contributed by atoms with van der Waals surface area (Å²) in [6.07, 6.45) is -6.12. The Morgan fingerprint density at radius 2 is 2.18 bits per heavy atom. The Labute approximate surface area is 61.8 Å². The van der Waals surface area contributed by atoms with Gasteiger partial charge in [0, 0.05) is 6.04 Å². The van der Waals surface area contributed by atoms with Crippen LogP contribution in [0, 0.1) is 0 Å². The molecule has 0 heterocycles. The number of hydrogen-bond donors (Lipinski definition) is 3. The maximum absolute atomic E-state index is 11.7. The maximum Gasteiger partial charge on any atom is 0.404 e. The standard InChI is InChI=1S/C5H9F2NO3/c1-3(8-4(9)10)2-5(6,7)11/h3,8,11H,2H2,1H3,(H,9,10)/t3-/m0/s1. The molecule has 1 atom stereocenters. The molecule has 0 saturated carbocycles. The molecule has 0 rings (SSSR count). The third-order valence-electron chi connectivity index (χ3n) is 0.922. The van der Waals surface area contributed by atoms with Gasteiger partial charge < -0.3 is 15.5 Å². The Hall–Kier alpha value is -0.910. The fourth-order valence-corrected chi connectivity index (χ4v) is 0.630. The van der Waals surface area contributed by atoms with Crippen LogP contribution in [-0.4, -0.2) is 28.5 Å². The van der Waals surface area contributed by atoms with Crippen LogP contribution in [0.1, 0.15) is 13.3 Å². The minimum atomic E-state index is -3.82. The summed E-state index contributed by atoms with van der Waals surface area (Å²) >= 11 is 0. The summed E-state index contributed by atoms with van der Waals surface area (Å²) < 4.78 is 23.5. The molecule has 11 heavy (non-hydrogen) atoms. The quantitative estimate of drug-likeness (QED) is 0.580. The summed E-state index contributed by atoms with van der Waals surface area (Å²) in [7, 11) is 0. The highest BCUT2D eigenvalue weighted by Gasteiger charge is 2.27. The molecule has 4 nitrogen and oxygen atoms in total. The van der Waals surface area contributed by atoms with Crippen LogP contribution in [0.25, 0.3) is 0 Å². The van der Waals surface area contributed by atoms with Gasteiger partial charge in [-0.05, 0) is 6.92 Å². The van der Waals surface area contributed by atoms with Crippen molar-refractivity contribution in [3.8, 4) is 0 Å². The summed E-state index contributed by atoms with van der Waals surface area (Å²) in [5.74, 6) is 0. The summed E-state index contributed by atoms with van der Waals surface area (Å²) in [6, 6.07) is -0.965. The Bertz CT molecular complexity index is 145. The molecule has 0 spiro atoms. The van der Waals surface area contributed by atoms with Crippen LogP contribution in [0.2, 0.25) is 0 Å². The first-order valence-corrected chi connectivity index (χ1v) is 2.91. The molecule has 1 amide bonds. The molecular formula is C5H9F2NO3. The molecule has 0 aromatic carbocycles. The average Bonchev–Trinajstić information content (AvgIpc) is 1.53. The van der Waals surface area contributed by atoms with Crippen LogP contribution in [0.5, 0.6) is 0 Å². The molecule has 0 unspecified atom stereocenters. The first kappa shape index (κ1) is 10.1. The zero-order valence-corrected chi connectivity index (χ0v) is 5.84. The van der Waals surface area contributed by atoms with E-state index in [1.54, 1.807) is 5.32 Å². The minimum Gasteiger partial charge on any atom is -0.465 e. The van der Waals surface area contributed by atoms with Crippen LogP contribution in [0.15, 0.2) is 0 Å². The second-order valence-corrected chi connectivity index (χ2v) is 2.22. The van der Waals surface area contributed by atoms with Crippen molar-refractivity contribution in [2.75, 3.05) is 0 Å². The van der Waals surface area contributed by atoms with Gasteiger partial charge in [-0.3, -0.25) is 0 Å². The number of carbonyl (C=O) groups is 1. The summed E-state index contributed by atoms with van der Waals surface area (Å²) in [5, 5.41) is 17.8. The van der Waals surface area contributed by atoms with Gasteiger partial charge in [0.05, 0.1) is 6.42 Å².